The van der Waals surface area contributed by atoms with Gasteiger partial charge in [-0.3, -0.25) is 9.59 Å². The second-order valence-electron chi connectivity index (χ2n) is 9.59. The van der Waals surface area contributed by atoms with Crippen molar-refractivity contribution in [3.05, 3.63) is 72.3 Å². The second-order valence-corrected chi connectivity index (χ2v) is 9.59. The van der Waals surface area contributed by atoms with E-state index in [9.17, 15) is 9.59 Å². The van der Waals surface area contributed by atoms with Crippen LogP contribution in [0.3, 0.4) is 0 Å². The predicted molar refractivity (Wildman–Crippen MR) is 135 cm³/mol. The van der Waals surface area contributed by atoms with Gasteiger partial charge < -0.3 is 24.4 Å². The Bertz CT molecular complexity index is 1290. The van der Waals surface area contributed by atoms with Crippen LogP contribution >= 0.6 is 0 Å². The summed E-state index contributed by atoms with van der Waals surface area (Å²) < 4.78 is 16.9. The Hall–Kier alpha value is -4.00. The minimum absolute atomic E-state index is 0.0162. The van der Waals surface area contributed by atoms with E-state index in [4.69, 9.17) is 14.2 Å². The Kier molecular flexibility index (Phi) is 5.97. The van der Waals surface area contributed by atoms with E-state index in [0.29, 0.717) is 54.6 Å². The van der Waals surface area contributed by atoms with Crippen molar-refractivity contribution in [2.45, 2.75) is 19.3 Å². The quantitative estimate of drug-likeness (QED) is 0.556. The lowest BCUT2D eigenvalue weighted by Crippen LogP contribution is -2.45. The molecule has 36 heavy (non-hydrogen) atoms. The van der Waals surface area contributed by atoms with Crippen LogP contribution in [0.4, 0.5) is 5.69 Å². The predicted octanol–water partition coefficient (Wildman–Crippen LogP) is 4.97. The molecule has 0 aliphatic carbocycles. The molecule has 3 aromatic rings. The molecule has 2 atom stereocenters. The van der Waals surface area contributed by atoms with Crippen LogP contribution in [-0.2, 0) is 4.79 Å². The highest BCUT2D eigenvalue weighted by atomic mass is 16.7. The molecule has 0 bridgehead atoms. The van der Waals surface area contributed by atoms with E-state index < -0.39 is 0 Å². The van der Waals surface area contributed by atoms with E-state index in [1.165, 1.54) is 0 Å². The first kappa shape index (κ1) is 22.5. The van der Waals surface area contributed by atoms with Gasteiger partial charge in [-0.15, -0.1) is 0 Å². The number of hydrogen-bond acceptors (Lipinski definition) is 5. The standard InChI is InChI=1S/C29H28N2O5/c32-28-16-21-10-12-31(29(33)22-7-9-26-27(15-22)36-18-35-26)17-23(21)11-13-34-25-8-6-20(14-24(25)30-28)19-4-2-1-3-5-19/h1-9,14-15,21,23H,10-13,16-18H2,(H,30,32)/t21-,23-/m0/s1. The number of nitrogens with one attached hydrogen (secondary N) is 1. The van der Waals surface area contributed by atoms with Gasteiger partial charge in [0.25, 0.3) is 5.91 Å². The van der Waals surface area contributed by atoms with E-state index in [-0.39, 0.29) is 30.4 Å². The molecule has 0 radical (unpaired) electrons. The fourth-order valence-corrected chi connectivity index (χ4v) is 5.40. The third-order valence-electron chi connectivity index (χ3n) is 7.35. The van der Waals surface area contributed by atoms with Gasteiger partial charge in [0, 0.05) is 25.1 Å². The Morgan fingerprint density at radius 2 is 1.67 bits per heavy atom. The van der Waals surface area contributed by atoms with Crippen molar-refractivity contribution in [2.75, 3.05) is 31.8 Å². The summed E-state index contributed by atoms with van der Waals surface area (Å²) in [6, 6.07) is 21.3. The first-order chi connectivity index (χ1) is 17.6. The maximum absolute atomic E-state index is 13.2. The van der Waals surface area contributed by atoms with Crippen molar-refractivity contribution in [1.82, 2.24) is 4.90 Å². The maximum Gasteiger partial charge on any atom is 0.254 e. The minimum atomic E-state index is -0.0204. The molecule has 7 nitrogen and oxygen atoms in total. The lowest BCUT2D eigenvalue weighted by molar-refractivity contribution is -0.118. The number of carbonyl (C=O) groups is 2. The number of carbonyl (C=O) groups excluding carboxylic acids is 2. The molecule has 1 N–H and O–H groups in total. The second kappa shape index (κ2) is 9.57. The van der Waals surface area contributed by atoms with Gasteiger partial charge in [-0.1, -0.05) is 36.4 Å². The van der Waals surface area contributed by atoms with Gasteiger partial charge in [0.2, 0.25) is 12.7 Å². The summed E-state index contributed by atoms with van der Waals surface area (Å²) in [7, 11) is 0. The normalized spacial score (nSPS) is 21.0. The van der Waals surface area contributed by atoms with Gasteiger partial charge in [-0.25, -0.2) is 0 Å². The van der Waals surface area contributed by atoms with Gasteiger partial charge in [0.05, 0.1) is 12.3 Å². The molecule has 3 aliphatic heterocycles. The molecular weight excluding hydrogens is 456 g/mol. The molecule has 6 rings (SSSR count). The van der Waals surface area contributed by atoms with Crippen LogP contribution in [0.5, 0.6) is 17.2 Å². The average molecular weight is 485 g/mol. The summed E-state index contributed by atoms with van der Waals surface area (Å²) in [5.74, 6) is 2.29. The molecule has 2 amide bonds. The molecule has 3 aliphatic rings. The van der Waals surface area contributed by atoms with Crippen LogP contribution < -0.4 is 19.5 Å². The molecule has 184 valence electrons. The monoisotopic (exact) mass is 484 g/mol. The highest BCUT2D eigenvalue weighted by molar-refractivity contribution is 5.95. The smallest absolute Gasteiger partial charge is 0.254 e. The summed E-state index contributed by atoms with van der Waals surface area (Å²) in [6.45, 7) is 1.94. The van der Waals surface area contributed by atoms with Crippen molar-refractivity contribution in [2.24, 2.45) is 11.8 Å². The van der Waals surface area contributed by atoms with Gasteiger partial charge in [0.15, 0.2) is 11.5 Å². The number of fused-ring (bicyclic) bond motifs is 3. The van der Waals surface area contributed by atoms with Crippen LogP contribution in [-0.4, -0.2) is 43.2 Å². The van der Waals surface area contributed by atoms with Gasteiger partial charge in [-0.05, 0) is 66.1 Å². The molecular formula is C29H28N2O5. The summed E-state index contributed by atoms with van der Waals surface area (Å²) in [5.41, 5.74) is 3.42. The van der Waals surface area contributed by atoms with E-state index in [1.807, 2.05) is 53.4 Å². The van der Waals surface area contributed by atoms with E-state index in [0.717, 1.165) is 24.0 Å². The number of likely N-dealkylation sites (tertiary alicyclic amines) is 1. The summed E-state index contributed by atoms with van der Waals surface area (Å²) in [6.07, 6.45) is 2.00. The lowest BCUT2D eigenvalue weighted by atomic mass is 9.80. The van der Waals surface area contributed by atoms with Crippen LogP contribution in [0.2, 0.25) is 0 Å². The highest BCUT2D eigenvalue weighted by Gasteiger charge is 2.34. The molecule has 0 aromatic heterocycles. The van der Waals surface area contributed by atoms with E-state index >= 15 is 0 Å². The topological polar surface area (TPSA) is 77.1 Å². The van der Waals surface area contributed by atoms with Crippen LogP contribution in [0.15, 0.2) is 66.7 Å². The molecule has 3 aromatic carbocycles. The van der Waals surface area contributed by atoms with Gasteiger partial charge in [0.1, 0.15) is 5.75 Å². The van der Waals surface area contributed by atoms with E-state index in [1.54, 1.807) is 18.2 Å². The Labute approximate surface area is 210 Å². The van der Waals surface area contributed by atoms with Crippen molar-refractivity contribution in [3.63, 3.8) is 0 Å². The molecule has 1 saturated heterocycles. The number of anilines is 1. The molecule has 1 fully saturated rings. The molecule has 0 saturated carbocycles. The number of hydrogen-bond donors (Lipinski definition) is 1. The largest absolute Gasteiger partial charge is 0.491 e. The fourth-order valence-electron chi connectivity index (χ4n) is 5.40. The average Bonchev–Trinajstić information content (AvgIpc) is 3.38. The zero-order valence-electron chi connectivity index (χ0n) is 19.9. The minimum Gasteiger partial charge on any atom is -0.491 e. The number of ether oxygens (including phenoxy) is 3. The zero-order valence-corrected chi connectivity index (χ0v) is 19.9. The molecule has 0 unspecified atom stereocenters. The maximum atomic E-state index is 13.2. The number of benzene rings is 3. The van der Waals surface area contributed by atoms with Crippen molar-refractivity contribution >= 4 is 17.5 Å². The Balaban J connectivity index is 1.17. The lowest BCUT2D eigenvalue weighted by Gasteiger charge is -2.39. The first-order valence-electron chi connectivity index (χ1n) is 12.4. The third kappa shape index (κ3) is 4.49. The highest BCUT2D eigenvalue weighted by Crippen LogP contribution is 2.36. The van der Waals surface area contributed by atoms with Crippen molar-refractivity contribution < 1.29 is 23.8 Å². The van der Waals surface area contributed by atoms with Crippen LogP contribution in [0.25, 0.3) is 11.1 Å². The third-order valence-corrected chi connectivity index (χ3v) is 7.35. The number of amides is 2. The SMILES string of the molecule is O=C1C[C@@H]2CCN(C(=O)c3ccc4c(c3)OCO4)C[C@@H]2CCOc2ccc(-c3ccccc3)cc2N1. The number of piperidine rings is 1. The van der Waals surface area contributed by atoms with E-state index in [2.05, 4.69) is 5.32 Å². The fraction of sp³-hybridized carbons (Fsp3) is 0.310. The molecule has 0 spiro atoms. The summed E-state index contributed by atoms with van der Waals surface area (Å²) in [5, 5.41) is 3.09. The molecule has 7 heteroatoms. The van der Waals surface area contributed by atoms with Crippen LogP contribution in [0, 0.1) is 11.8 Å². The Morgan fingerprint density at radius 3 is 2.56 bits per heavy atom. The first-order valence-corrected chi connectivity index (χ1v) is 12.4. The van der Waals surface area contributed by atoms with Crippen molar-refractivity contribution in [3.8, 4) is 28.4 Å². The van der Waals surface area contributed by atoms with Crippen LogP contribution in [0.1, 0.15) is 29.6 Å². The number of rotatable bonds is 2. The zero-order chi connectivity index (χ0) is 24.5. The summed E-state index contributed by atoms with van der Waals surface area (Å²) >= 11 is 0. The Morgan fingerprint density at radius 1 is 0.833 bits per heavy atom. The van der Waals surface area contributed by atoms with Gasteiger partial charge >= 0.3 is 0 Å². The molecule has 3 heterocycles. The number of nitrogens with zero attached hydrogens (tertiary/aromatic N) is 1. The van der Waals surface area contributed by atoms with Gasteiger partial charge in [-0.2, -0.15) is 0 Å². The van der Waals surface area contributed by atoms with Crippen molar-refractivity contribution in [1.29, 1.82) is 0 Å². The summed E-state index contributed by atoms with van der Waals surface area (Å²) in [4.78, 5) is 28.2.